The van der Waals surface area contributed by atoms with Crippen LogP contribution in [0.4, 0.5) is 13.2 Å². The van der Waals surface area contributed by atoms with Gasteiger partial charge in [0, 0.05) is 19.6 Å². The van der Waals surface area contributed by atoms with Crippen LogP contribution in [0.5, 0.6) is 0 Å². The van der Waals surface area contributed by atoms with Crippen molar-refractivity contribution >= 4 is 5.91 Å². The number of likely N-dealkylation sites (tertiary alicyclic amines) is 1. The third-order valence-corrected chi connectivity index (χ3v) is 6.39. The Balaban J connectivity index is 1.47. The van der Waals surface area contributed by atoms with Crippen LogP contribution in [0.15, 0.2) is 42.5 Å². The van der Waals surface area contributed by atoms with E-state index in [1.54, 1.807) is 0 Å². The molecule has 33 heavy (non-hydrogen) atoms. The van der Waals surface area contributed by atoms with Crippen molar-refractivity contribution in [3.8, 4) is 11.1 Å². The van der Waals surface area contributed by atoms with Gasteiger partial charge < -0.3 is 9.64 Å². The van der Waals surface area contributed by atoms with E-state index in [0.717, 1.165) is 54.6 Å². The maximum atomic E-state index is 13.4. The zero-order valence-corrected chi connectivity index (χ0v) is 19.4. The number of alkyl halides is 3. The molecule has 2 aliphatic rings. The fourth-order valence-corrected chi connectivity index (χ4v) is 4.52. The Morgan fingerprint density at radius 1 is 1.00 bits per heavy atom. The van der Waals surface area contributed by atoms with Crippen LogP contribution in [0.25, 0.3) is 11.1 Å². The third-order valence-electron chi connectivity index (χ3n) is 6.39. The van der Waals surface area contributed by atoms with E-state index in [4.69, 9.17) is 4.74 Å². The van der Waals surface area contributed by atoms with Crippen LogP contribution >= 0.6 is 0 Å². The van der Waals surface area contributed by atoms with Crippen molar-refractivity contribution in [3.63, 3.8) is 0 Å². The summed E-state index contributed by atoms with van der Waals surface area (Å²) < 4.78 is 44.6. The highest BCUT2D eigenvalue weighted by Gasteiger charge is 2.35. The maximum absolute atomic E-state index is 13.4. The fraction of sp³-hybridized carbons (Fsp3) is 0.500. The van der Waals surface area contributed by atoms with Crippen molar-refractivity contribution in [1.82, 2.24) is 9.80 Å². The number of carbonyl (C=O) groups excluding carboxylic acids is 1. The first-order chi connectivity index (χ1) is 15.5. The van der Waals surface area contributed by atoms with Crippen molar-refractivity contribution in [1.29, 1.82) is 0 Å². The zero-order valence-electron chi connectivity index (χ0n) is 19.4. The van der Waals surface area contributed by atoms with E-state index in [9.17, 15) is 18.0 Å². The van der Waals surface area contributed by atoms with Gasteiger partial charge in [-0.15, -0.1) is 0 Å². The number of halogens is 3. The number of rotatable bonds is 4. The van der Waals surface area contributed by atoms with Gasteiger partial charge in [0.25, 0.3) is 0 Å². The Kier molecular flexibility index (Phi) is 6.56. The van der Waals surface area contributed by atoms with Gasteiger partial charge in [-0.1, -0.05) is 24.3 Å². The van der Waals surface area contributed by atoms with E-state index in [2.05, 4.69) is 4.90 Å². The van der Waals surface area contributed by atoms with Gasteiger partial charge in [0.05, 0.1) is 17.2 Å². The molecule has 0 unspecified atom stereocenters. The van der Waals surface area contributed by atoms with Gasteiger partial charge in [-0.2, -0.15) is 13.2 Å². The topological polar surface area (TPSA) is 32.8 Å². The monoisotopic (exact) mass is 460 g/mol. The quantitative estimate of drug-likeness (QED) is 0.605. The molecule has 4 rings (SSSR count). The number of fused-ring (bicyclic) bond motifs is 1. The van der Waals surface area contributed by atoms with E-state index < -0.39 is 11.7 Å². The second-order valence-electron chi connectivity index (χ2n) is 9.92. The van der Waals surface area contributed by atoms with Crippen LogP contribution in [-0.2, 0) is 28.7 Å². The molecule has 0 bridgehead atoms. The number of carbonyl (C=O) groups is 1. The summed E-state index contributed by atoms with van der Waals surface area (Å²) in [6.07, 6.45) is -1.76. The summed E-state index contributed by atoms with van der Waals surface area (Å²) in [5, 5.41) is 0. The molecule has 1 amide bonds. The van der Waals surface area contributed by atoms with Crippen molar-refractivity contribution in [2.24, 2.45) is 0 Å². The van der Waals surface area contributed by atoms with Gasteiger partial charge in [-0.3, -0.25) is 9.69 Å². The van der Waals surface area contributed by atoms with Crippen LogP contribution in [-0.4, -0.2) is 47.2 Å². The standard InChI is InChI=1S/C26H31F3N2O2/c1-25(2,3)33-17-31-13-4-5-23(31)24(32)30-14-12-19-6-7-20(15-21(19)16-30)18-8-10-22(11-9-18)26(27,28)29/h6-11,15,23H,4-5,12-14,16-17H2,1-3H3/t23-/m1/s1. The highest BCUT2D eigenvalue weighted by Crippen LogP contribution is 2.32. The molecule has 1 atom stereocenters. The van der Waals surface area contributed by atoms with Crippen LogP contribution in [0.2, 0.25) is 0 Å². The van der Waals surface area contributed by atoms with Gasteiger partial charge >= 0.3 is 6.18 Å². The van der Waals surface area contributed by atoms with Crippen molar-refractivity contribution in [3.05, 3.63) is 59.2 Å². The summed E-state index contributed by atoms with van der Waals surface area (Å²) in [6, 6.07) is 11.0. The molecule has 0 radical (unpaired) electrons. The van der Waals surface area contributed by atoms with Gasteiger partial charge in [0.2, 0.25) is 5.91 Å². The van der Waals surface area contributed by atoms with Gasteiger partial charge in [-0.25, -0.2) is 0 Å². The number of amides is 1. The van der Waals surface area contributed by atoms with Crippen LogP contribution in [0, 0.1) is 0 Å². The van der Waals surface area contributed by atoms with Crippen molar-refractivity contribution in [2.75, 3.05) is 19.8 Å². The van der Waals surface area contributed by atoms with E-state index in [1.807, 2.05) is 43.9 Å². The molecule has 1 fully saturated rings. The molecule has 2 heterocycles. The summed E-state index contributed by atoms with van der Waals surface area (Å²) >= 11 is 0. The summed E-state index contributed by atoms with van der Waals surface area (Å²) in [5.74, 6) is 0.135. The lowest BCUT2D eigenvalue weighted by Crippen LogP contribution is -2.48. The van der Waals surface area contributed by atoms with E-state index >= 15 is 0 Å². The number of nitrogens with zero attached hydrogens (tertiary/aromatic N) is 2. The summed E-state index contributed by atoms with van der Waals surface area (Å²) in [7, 11) is 0. The molecule has 2 aliphatic heterocycles. The molecule has 0 saturated carbocycles. The second kappa shape index (κ2) is 9.11. The minimum Gasteiger partial charge on any atom is -0.360 e. The molecule has 2 aromatic carbocycles. The molecule has 0 aliphatic carbocycles. The number of ether oxygens (including phenoxy) is 1. The van der Waals surface area contributed by atoms with Gasteiger partial charge in [0.1, 0.15) is 6.73 Å². The second-order valence-corrected chi connectivity index (χ2v) is 9.92. The molecule has 7 heteroatoms. The van der Waals surface area contributed by atoms with Gasteiger partial charge in [-0.05, 0) is 80.5 Å². The lowest BCUT2D eigenvalue weighted by molar-refractivity contribution is -0.141. The lowest BCUT2D eigenvalue weighted by atomic mass is 9.94. The fourth-order valence-electron chi connectivity index (χ4n) is 4.52. The Labute approximate surface area is 193 Å². The first-order valence-electron chi connectivity index (χ1n) is 11.5. The molecule has 0 aromatic heterocycles. The van der Waals surface area contributed by atoms with Crippen LogP contribution in [0.1, 0.15) is 50.3 Å². The predicted molar refractivity (Wildman–Crippen MR) is 121 cm³/mol. The molecule has 0 spiro atoms. The van der Waals surface area contributed by atoms with Crippen LogP contribution < -0.4 is 0 Å². The zero-order chi connectivity index (χ0) is 23.8. The van der Waals surface area contributed by atoms with E-state index in [0.29, 0.717) is 19.8 Å². The molecular formula is C26H31F3N2O2. The summed E-state index contributed by atoms with van der Waals surface area (Å²) in [4.78, 5) is 17.4. The minimum absolute atomic E-state index is 0.135. The van der Waals surface area contributed by atoms with Crippen LogP contribution in [0.3, 0.4) is 0 Å². The lowest BCUT2D eigenvalue weighted by Gasteiger charge is -2.34. The molecular weight excluding hydrogens is 429 g/mol. The Morgan fingerprint density at radius 3 is 2.36 bits per heavy atom. The average Bonchev–Trinajstić information content (AvgIpc) is 3.24. The highest BCUT2D eigenvalue weighted by atomic mass is 19.4. The molecule has 1 saturated heterocycles. The Hall–Kier alpha value is -2.38. The number of hydrogen-bond acceptors (Lipinski definition) is 3. The molecule has 178 valence electrons. The Morgan fingerprint density at radius 2 is 1.70 bits per heavy atom. The van der Waals surface area contributed by atoms with Crippen molar-refractivity contribution < 1.29 is 22.7 Å². The van der Waals surface area contributed by atoms with Crippen molar-refractivity contribution in [2.45, 2.75) is 64.4 Å². The molecule has 4 nitrogen and oxygen atoms in total. The van der Waals surface area contributed by atoms with E-state index in [1.165, 1.54) is 17.7 Å². The highest BCUT2D eigenvalue weighted by molar-refractivity contribution is 5.82. The normalized spacial score (nSPS) is 19.6. The summed E-state index contributed by atoms with van der Waals surface area (Å²) in [5.41, 5.74) is 2.93. The minimum atomic E-state index is -4.35. The van der Waals surface area contributed by atoms with Gasteiger partial charge in [0.15, 0.2) is 0 Å². The number of benzene rings is 2. The largest absolute Gasteiger partial charge is 0.416 e. The predicted octanol–water partition coefficient (Wildman–Crippen LogP) is 5.49. The smallest absolute Gasteiger partial charge is 0.360 e. The SMILES string of the molecule is CC(C)(C)OCN1CCC[C@@H]1C(=O)N1CCc2ccc(-c3ccc(C(F)(F)F)cc3)cc2C1. The first-order valence-corrected chi connectivity index (χ1v) is 11.5. The summed E-state index contributed by atoms with van der Waals surface area (Å²) in [6.45, 7) is 8.53. The molecule has 0 N–H and O–H groups in total. The molecule has 2 aromatic rings. The maximum Gasteiger partial charge on any atom is 0.416 e. The number of hydrogen-bond donors (Lipinski definition) is 0. The van der Waals surface area contributed by atoms with E-state index in [-0.39, 0.29) is 17.6 Å². The first kappa shape index (κ1) is 23.8. The average molecular weight is 461 g/mol. The Bertz CT molecular complexity index is 996. The third kappa shape index (κ3) is 5.58.